The van der Waals surface area contributed by atoms with Crippen molar-refractivity contribution in [2.24, 2.45) is 0 Å². The zero-order valence-corrected chi connectivity index (χ0v) is 24.7. The van der Waals surface area contributed by atoms with Crippen LogP contribution in [0.3, 0.4) is 0 Å². The van der Waals surface area contributed by atoms with Crippen LogP contribution in [0.2, 0.25) is 5.02 Å². The number of urea groups is 1. The first kappa shape index (κ1) is 28.8. The molecule has 40 heavy (non-hydrogen) atoms. The average molecular weight is 623 g/mol. The highest BCUT2D eigenvalue weighted by atomic mass is 35.5. The molecule has 9 nitrogen and oxygen atoms in total. The zero-order chi connectivity index (χ0) is 28.3. The molecule has 1 atom stereocenters. The number of benzene rings is 2. The van der Waals surface area contributed by atoms with Crippen molar-refractivity contribution in [1.82, 2.24) is 14.2 Å². The molecule has 2 amide bonds. The maximum absolute atomic E-state index is 13.3. The Morgan fingerprint density at radius 1 is 1.07 bits per heavy atom. The number of aromatic nitrogens is 1. The van der Waals surface area contributed by atoms with Crippen molar-refractivity contribution >= 4 is 73.2 Å². The number of amides is 2. The summed E-state index contributed by atoms with van der Waals surface area (Å²) in [7, 11) is -4.02. The van der Waals surface area contributed by atoms with E-state index in [-0.39, 0.29) is 25.2 Å². The molecule has 13 heteroatoms. The molecule has 2 aromatic carbocycles. The van der Waals surface area contributed by atoms with E-state index in [2.05, 4.69) is 15.5 Å². The second-order valence-electron chi connectivity index (χ2n) is 9.63. The van der Waals surface area contributed by atoms with Gasteiger partial charge in [-0.3, -0.25) is 9.36 Å². The number of fused-ring (bicyclic) bond motifs is 1. The molecule has 3 N–H and O–H groups in total. The maximum Gasteiger partial charge on any atom is 0.333 e. The molecule has 0 aliphatic carbocycles. The number of nitrogens with zero attached hydrogens (tertiary/aromatic N) is 2. The van der Waals surface area contributed by atoms with Crippen LogP contribution in [0.5, 0.6) is 0 Å². The van der Waals surface area contributed by atoms with Crippen LogP contribution in [0.4, 0.5) is 16.2 Å². The first-order valence-electron chi connectivity index (χ1n) is 13.0. The van der Waals surface area contributed by atoms with E-state index in [9.17, 15) is 18.0 Å². The van der Waals surface area contributed by atoms with Crippen molar-refractivity contribution < 1.29 is 13.2 Å². The number of likely N-dealkylation sites (tertiary alicyclic amines) is 1. The van der Waals surface area contributed by atoms with Gasteiger partial charge in [-0.1, -0.05) is 29.4 Å². The third-order valence-electron chi connectivity index (χ3n) is 6.75. The van der Waals surface area contributed by atoms with Gasteiger partial charge in [0.2, 0.25) is 0 Å². The van der Waals surface area contributed by atoms with E-state index in [1.54, 1.807) is 18.3 Å². The summed E-state index contributed by atoms with van der Waals surface area (Å²) in [6, 6.07) is 11.2. The van der Waals surface area contributed by atoms with Crippen LogP contribution in [0, 0.1) is 0 Å². The number of carbonyl (C=O) groups excluding carboxylic acids is 1. The molecule has 212 valence electrons. The number of anilines is 2. The molecule has 1 fully saturated rings. The summed E-state index contributed by atoms with van der Waals surface area (Å²) in [5.74, 6) is 0. The Morgan fingerprint density at radius 3 is 2.58 bits per heavy atom. The van der Waals surface area contributed by atoms with Crippen molar-refractivity contribution in [1.29, 1.82) is 0 Å². The van der Waals surface area contributed by atoms with Gasteiger partial charge in [-0.15, -0.1) is 11.6 Å². The molecule has 1 unspecified atom stereocenters. The summed E-state index contributed by atoms with van der Waals surface area (Å²) in [5.41, 5.74) is 1.42. The predicted molar refractivity (Wildman–Crippen MR) is 164 cm³/mol. The number of pyridine rings is 1. The normalized spacial score (nSPS) is 17.6. The first-order chi connectivity index (χ1) is 19.2. The molecule has 2 aliphatic heterocycles. The quantitative estimate of drug-likeness (QED) is 0.212. The lowest BCUT2D eigenvalue weighted by molar-refractivity contribution is 0.256. The van der Waals surface area contributed by atoms with E-state index in [4.69, 9.17) is 23.2 Å². The van der Waals surface area contributed by atoms with E-state index >= 15 is 0 Å². The summed E-state index contributed by atoms with van der Waals surface area (Å²) in [5, 5.41) is 7.47. The van der Waals surface area contributed by atoms with Crippen molar-refractivity contribution in [3.05, 3.63) is 74.4 Å². The van der Waals surface area contributed by atoms with Gasteiger partial charge in [-0.2, -0.15) is 0 Å². The summed E-state index contributed by atoms with van der Waals surface area (Å²) < 4.78 is 27.8. The predicted octanol–water partition coefficient (Wildman–Crippen LogP) is 5.54. The zero-order valence-electron chi connectivity index (χ0n) is 21.5. The Balaban J connectivity index is 1.24. The van der Waals surface area contributed by atoms with Crippen LogP contribution in [-0.2, 0) is 10.0 Å². The van der Waals surface area contributed by atoms with Gasteiger partial charge in [-0.25, -0.2) is 17.9 Å². The third kappa shape index (κ3) is 6.77. The van der Waals surface area contributed by atoms with Gasteiger partial charge < -0.3 is 15.5 Å². The Bertz CT molecular complexity index is 1620. The van der Waals surface area contributed by atoms with Gasteiger partial charge in [0, 0.05) is 29.5 Å². The highest BCUT2D eigenvalue weighted by Crippen LogP contribution is 2.37. The third-order valence-corrected chi connectivity index (χ3v) is 10.4. The highest BCUT2D eigenvalue weighted by molar-refractivity contribution is 8.19. The number of thioether (sulfide) groups is 1. The van der Waals surface area contributed by atoms with Crippen molar-refractivity contribution in [3.8, 4) is 5.69 Å². The number of alkyl halides is 1. The van der Waals surface area contributed by atoms with Crippen LogP contribution in [0.1, 0.15) is 25.7 Å². The van der Waals surface area contributed by atoms with E-state index < -0.39 is 16.1 Å². The molecule has 3 aromatic rings. The number of nitrogens with one attached hydrogen (secondary N) is 3. The monoisotopic (exact) mass is 621 g/mol. The van der Waals surface area contributed by atoms with E-state index in [1.165, 1.54) is 48.7 Å². The molecule has 5 rings (SSSR count). The smallest absolute Gasteiger partial charge is 0.333 e. The lowest BCUT2D eigenvalue weighted by Crippen LogP contribution is -2.34. The van der Waals surface area contributed by atoms with Gasteiger partial charge in [0.25, 0.3) is 15.6 Å². The molecule has 1 aromatic heterocycles. The Hall–Kier alpha value is -2.70. The average Bonchev–Trinajstić information content (AvgIpc) is 3.59. The fraction of sp³-hybridized carbons (Fsp3) is 0.333. The fourth-order valence-corrected chi connectivity index (χ4v) is 7.92. The van der Waals surface area contributed by atoms with Crippen LogP contribution in [0.25, 0.3) is 16.5 Å². The van der Waals surface area contributed by atoms with Crippen LogP contribution >= 0.6 is 35.0 Å². The lowest BCUT2D eigenvalue weighted by Gasteiger charge is -2.15. The highest BCUT2D eigenvalue weighted by Gasteiger charge is 2.28. The van der Waals surface area contributed by atoms with Gasteiger partial charge in [-0.05, 0) is 93.2 Å². The molecule has 0 spiro atoms. The lowest BCUT2D eigenvalue weighted by atomic mass is 10.1. The van der Waals surface area contributed by atoms with Crippen molar-refractivity contribution in [2.75, 3.05) is 36.8 Å². The second kappa shape index (κ2) is 12.4. The molecular formula is C27H29Cl2N5O4S2. The standard InChI is InChI=1S/C27H29Cl2N5O4S2/c28-22-17-20(31-27(36)32-40(37,38)25-9-8-24(29)39-25)5-7-23(22)34-15-10-18-16-19(4-6-21(18)26(34)35)30-11-3-14-33-12-1-2-13-33/h4-7,9-10,15-17,24,30H,1-3,8,11-14H2,(H2,31,32,36). The molecule has 0 bridgehead atoms. The Labute approximate surface area is 247 Å². The van der Waals surface area contributed by atoms with E-state index in [1.807, 2.05) is 22.9 Å². The summed E-state index contributed by atoms with van der Waals surface area (Å²) in [6.07, 6.45) is 7.17. The minimum absolute atomic E-state index is 0.00660. The van der Waals surface area contributed by atoms with Gasteiger partial charge in [0.15, 0.2) is 0 Å². The van der Waals surface area contributed by atoms with E-state index in [0.29, 0.717) is 17.5 Å². The summed E-state index contributed by atoms with van der Waals surface area (Å²) >= 11 is 13.4. The number of allylic oxidation sites excluding steroid dienone is 1. The number of hydrogen-bond acceptors (Lipinski definition) is 7. The number of hydrogen-bond donors (Lipinski definition) is 3. The van der Waals surface area contributed by atoms with Crippen molar-refractivity contribution in [2.45, 2.75) is 30.4 Å². The van der Waals surface area contributed by atoms with Crippen molar-refractivity contribution in [3.63, 3.8) is 0 Å². The molecular weight excluding hydrogens is 593 g/mol. The van der Waals surface area contributed by atoms with Gasteiger partial charge >= 0.3 is 6.03 Å². The first-order valence-corrected chi connectivity index (χ1v) is 16.1. The Kier molecular flexibility index (Phi) is 8.96. The molecule has 1 saturated heterocycles. The van der Waals surface area contributed by atoms with E-state index in [0.717, 1.165) is 42.3 Å². The minimum Gasteiger partial charge on any atom is -0.385 e. The van der Waals surface area contributed by atoms with Gasteiger partial charge in [0.1, 0.15) is 4.24 Å². The van der Waals surface area contributed by atoms with Gasteiger partial charge in [0.05, 0.1) is 15.4 Å². The topological polar surface area (TPSA) is 113 Å². The number of halogens is 2. The largest absolute Gasteiger partial charge is 0.385 e. The number of carbonyl (C=O) groups is 1. The van der Waals surface area contributed by atoms with Crippen LogP contribution in [0.15, 0.2) is 63.8 Å². The maximum atomic E-state index is 13.3. The molecule has 2 aliphatic rings. The summed E-state index contributed by atoms with van der Waals surface area (Å²) in [6.45, 7) is 4.35. The molecule has 0 radical (unpaired) electrons. The Morgan fingerprint density at radius 2 is 1.85 bits per heavy atom. The molecule has 0 saturated carbocycles. The fourth-order valence-electron chi connectivity index (χ4n) is 4.78. The number of rotatable bonds is 9. The minimum atomic E-state index is -4.02. The SMILES string of the molecule is O=C(Nc1ccc(-n2ccc3cc(NCCCN4CCCC4)ccc3c2=O)c(Cl)c1)NS(=O)(=O)C1=CCC(Cl)S1. The number of sulfonamides is 1. The van der Waals surface area contributed by atoms with Crippen LogP contribution < -0.4 is 20.9 Å². The van der Waals surface area contributed by atoms with Crippen LogP contribution in [-0.4, -0.2) is 54.8 Å². The molecule has 3 heterocycles. The summed E-state index contributed by atoms with van der Waals surface area (Å²) in [4.78, 5) is 28.1. The second-order valence-corrected chi connectivity index (χ2v) is 14.0.